The molecule has 10 nitrogen and oxygen atoms in total. The van der Waals surface area contributed by atoms with Gasteiger partial charge in [-0.25, -0.2) is 15.4 Å². The van der Waals surface area contributed by atoms with E-state index >= 15 is 0 Å². The number of nitrogens with one attached hydrogen (secondary N) is 2. The fraction of sp³-hybridized carbons (Fsp3) is 0.370. The van der Waals surface area contributed by atoms with Crippen LogP contribution < -0.4 is 15.5 Å². The third-order valence-electron chi connectivity index (χ3n) is 5.66. The number of furan rings is 1. The normalized spacial score (nSPS) is 14.6. The molecule has 1 aromatic carbocycles. The van der Waals surface area contributed by atoms with Crippen LogP contribution in [-0.2, 0) is 27.5 Å². The topological polar surface area (TPSA) is 128 Å². The highest BCUT2D eigenvalue weighted by Crippen LogP contribution is 2.27. The SMILES string of the molecule is O=C(CCCCCCOc1ccc2cc1COC/C=C/COCc1ccc(o1)-c1ccnc(n1)N2)NO. The predicted molar refractivity (Wildman–Crippen MR) is 136 cm³/mol. The van der Waals surface area contributed by atoms with Gasteiger partial charge < -0.3 is 23.9 Å². The van der Waals surface area contributed by atoms with Crippen LogP contribution in [-0.4, -0.2) is 40.9 Å². The summed E-state index contributed by atoms with van der Waals surface area (Å²) in [5, 5.41) is 11.8. The van der Waals surface area contributed by atoms with E-state index in [-0.39, 0.29) is 5.91 Å². The van der Waals surface area contributed by atoms with Gasteiger partial charge in [0.1, 0.15) is 23.8 Å². The zero-order valence-electron chi connectivity index (χ0n) is 20.7. The standard InChI is InChI=1S/C27H32N4O6/c32-26(31-33)7-3-1-2-4-16-36-24-10-8-21-17-20(24)18-34-14-5-6-15-35-19-22-9-11-25(37-22)23-12-13-28-27(29-21)30-23/h5-6,8-13,17,33H,1-4,7,14-16,18-19H2,(H,31,32)(H,28,29,30)/b6-5+. The molecule has 0 unspecified atom stereocenters. The predicted octanol–water partition coefficient (Wildman–Crippen LogP) is 4.92. The van der Waals surface area contributed by atoms with Crippen LogP contribution in [0.15, 0.2) is 59.2 Å². The van der Waals surface area contributed by atoms with Crippen molar-refractivity contribution in [2.24, 2.45) is 0 Å². The molecule has 10 heteroatoms. The average molecular weight is 509 g/mol. The molecule has 2 aromatic heterocycles. The lowest BCUT2D eigenvalue weighted by molar-refractivity contribution is -0.129. The third-order valence-corrected chi connectivity index (χ3v) is 5.66. The van der Waals surface area contributed by atoms with E-state index in [0.29, 0.717) is 56.9 Å². The van der Waals surface area contributed by atoms with Gasteiger partial charge in [-0.3, -0.25) is 10.0 Å². The summed E-state index contributed by atoms with van der Waals surface area (Å²) < 4.78 is 23.4. The fourth-order valence-electron chi connectivity index (χ4n) is 3.77. The number of hydroxylamine groups is 1. The van der Waals surface area contributed by atoms with Crippen molar-refractivity contribution in [3.05, 3.63) is 66.1 Å². The first-order valence-electron chi connectivity index (χ1n) is 12.4. The zero-order valence-corrected chi connectivity index (χ0v) is 20.7. The lowest BCUT2D eigenvalue weighted by atomic mass is 10.1. The van der Waals surface area contributed by atoms with Crippen molar-refractivity contribution in [3.63, 3.8) is 0 Å². The Balaban J connectivity index is 1.42. The number of benzene rings is 1. The monoisotopic (exact) mass is 508 g/mol. The molecule has 1 aliphatic heterocycles. The summed E-state index contributed by atoms with van der Waals surface area (Å²) in [4.78, 5) is 20.0. The highest BCUT2D eigenvalue weighted by molar-refractivity contribution is 5.74. The molecule has 0 radical (unpaired) electrons. The first-order valence-corrected chi connectivity index (χ1v) is 12.4. The molecule has 1 amide bonds. The number of rotatable bonds is 8. The number of nitrogens with zero attached hydrogens (tertiary/aromatic N) is 2. The van der Waals surface area contributed by atoms with Gasteiger partial charge in [0.25, 0.3) is 0 Å². The molecular formula is C27H32N4O6. The Labute approximate surface area is 215 Å². The van der Waals surface area contributed by atoms with Crippen molar-refractivity contribution in [2.45, 2.75) is 45.3 Å². The van der Waals surface area contributed by atoms with Crippen LogP contribution in [0.1, 0.15) is 43.4 Å². The van der Waals surface area contributed by atoms with Crippen molar-refractivity contribution >= 4 is 17.5 Å². The molecule has 0 saturated heterocycles. The molecule has 0 fully saturated rings. The molecule has 6 bridgehead atoms. The van der Waals surface area contributed by atoms with Crippen molar-refractivity contribution < 1.29 is 28.6 Å². The van der Waals surface area contributed by atoms with Crippen LogP contribution in [0.2, 0.25) is 0 Å². The number of fused-ring (bicyclic) bond motifs is 7. The van der Waals surface area contributed by atoms with Crippen LogP contribution in [0.4, 0.5) is 11.6 Å². The van der Waals surface area contributed by atoms with E-state index < -0.39 is 0 Å². The van der Waals surface area contributed by atoms with Crippen molar-refractivity contribution in [3.8, 4) is 17.2 Å². The molecule has 3 heterocycles. The van der Waals surface area contributed by atoms with E-state index in [2.05, 4.69) is 15.3 Å². The number of hydrogen-bond acceptors (Lipinski definition) is 9. The molecule has 0 atom stereocenters. The van der Waals surface area contributed by atoms with Crippen LogP contribution in [0.25, 0.3) is 11.5 Å². The Kier molecular flexibility index (Phi) is 10.1. The molecule has 37 heavy (non-hydrogen) atoms. The van der Waals surface area contributed by atoms with E-state index in [0.717, 1.165) is 48.4 Å². The van der Waals surface area contributed by atoms with E-state index in [1.54, 1.807) is 17.7 Å². The second-order valence-electron chi connectivity index (χ2n) is 8.53. The quantitative estimate of drug-likeness (QED) is 0.168. The summed E-state index contributed by atoms with van der Waals surface area (Å²) in [6.07, 6.45) is 9.27. The second kappa shape index (κ2) is 14.1. The number of aromatic nitrogens is 2. The summed E-state index contributed by atoms with van der Waals surface area (Å²) in [5.41, 5.74) is 4.05. The van der Waals surface area contributed by atoms with E-state index in [9.17, 15) is 4.79 Å². The number of ether oxygens (including phenoxy) is 3. The minimum absolute atomic E-state index is 0.322. The maximum absolute atomic E-state index is 11.1. The molecule has 4 rings (SSSR count). The lowest BCUT2D eigenvalue weighted by Gasteiger charge is -2.14. The van der Waals surface area contributed by atoms with Gasteiger partial charge in [-0.15, -0.1) is 0 Å². The van der Waals surface area contributed by atoms with E-state index in [4.69, 9.17) is 23.8 Å². The summed E-state index contributed by atoms with van der Waals surface area (Å²) in [6.45, 7) is 2.19. The van der Waals surface area contributed by atoms with Crippen LogP contribution in [0, 0.1) is 0 Å². The Morgan fingerprint density at radius 3 is 2.73 bits per heavy atom. The van der Waals surface area contributed by atoms with Gasteiger partial charge in [0.2, 0.25) is 11.9 Å². The smallest absolute Gasteiger partial charge is 0.243 e. The van der Waals surface area contributed by atoms with Crippen molar-refractivity contribution in [2.75, 3.05) is 25.1 Å². The Hall–Kier alpha value is -3.73. The van der Waals surface area contributed by atoms with Gasteiger partial charge >= 0.3 is 0 Å². The number of amides is 1. The number of carbonyl (C=O) groups is 1. The minimum Gasteiger partial charge on any atom is -0.493 e. The minimum atomic E-state index is -0.354. The van der Waals surface area contributed by atoms with Gasteiger partial charge in [-0.05, 0) is 49.2 Å². The van der Waals surface area contributed by atoms with Gasteiger partial charge in [-0.2, -0.15) is 0 Å². The number of unbranched alkanes of at least 4 members (excludes halogenated alkanes) is 3. The fourth-order valence-corrected chi connectivity index (χ4v) is 3.77. The molecule has 3 N–H and O–H groups in total. The Morgan fingerprint density at radius 2 is 1.86 bits per heavy atom. The number of carbonyl (C=O) groups excluding carboxylic acids is 1. The van der Waals surface area contributed by atoms with E-state index in [1.807, 2.05) is 42.5 Å². The summed E-state index contributed by atoms with van der Waals surface area (Å²) in [6, 6.07) is 11.4. The average Bonchev–Trinajstić information content (AvgIpc) is 3.39. The van der Waals surface area contributed by atoms with Gasteiger partial charge in [0.05, 0.1) is 26.4 Å². The Morgan fingerprint density at radius 1 is 1.03 bits per heavy atom. The van der Waals surface area contributed by atoms with Crippen LogP contribution in [0.3, 0.4) is 0 Å². The highest BCUT2D eigenvalue weighted by Gasteiger charge is 2.11. The van der Waals surface area contributed by atoms with Crippen molar-refractivity contribution in [1.82, 2.24) is 15.4 Å². The molecule has 196 valence electrons. The van der Waals surface area contributed by atoms with Crippen molar-refractivity contribution in [1.29, 1.82) is 0 Å². The van der Waals surface area contributed by atoms with E-state index in [1.165, 1.54) is 0 Å². The molecule has 0 saturated carbocycles. The summed E-state index contributed by atoms with van der Waals surface area (Å²) >= 11 is 0. The largest absolute Gasteiger partial charge is 0.493 e. The molecule has 0 aliphatic carbocycles. The van der Waals surface area contributed by atoms with Crippen LogP contribution >= 0.6 is 0 Å². The summed E-state index contributed by atoms with van der Waals surface area (Å²) in [5.74, 6) is 2.22. The Bertz CT molecular complexity index is 1180. The molecule has 1 aliphatic rings. The molecule has 3 aromatic rings. The van der Waals surface area contributed by atoms with Crippen LogP contribution in [0.5, 0.6) is 5.75 Å². The lowest BCUT2D eigenvalue weighted by Crippen LogP contribution is -2.17. The molecular weight excluding hydrogens is 476 g/mol. The first-order chi connectivity index (χ1) is 18.2. The molecule has 0 spiro atoms. The zero-order chi connectivity index (χ0) is 25.7. The summed E-state index contributed by atoms with van der Waals surface area (Å²) in [7, 11) is 0. The maximum atomic E-state index is 11.1. The van der Waals surface area contributed by atoms with Gasteiger partial charge in [0.15, 0.2) is 5.76 Å². The van der Waals surface area contributed by atoms with Gasteiger partial charge in [-0.1, -0.05) is 25.0 Å². The first kappa shape index (κ1) is 26.3. The second-order valence-corrected chi connectivity index (χ2v) is 8.53. The van der Waals surface area contributed by atoms with Gasteiger partial charge in [0, 0.05) is 23.9 Å². The highest BCUT2D eigenvalue weighted by atomic mass is 16.5. The third kappa shape index (κ3) is 8.42. The number of anilines is 2. The maximum Gasteiger partial charge on any atom is 0.243 e. The number of hydrogen-bond donors (Lipinski definition) is 3.